The summed E-state index contributed by atoms with van der Waals surface area (Å²) < 4.78 is 1.10. The number of carbonyl (C=O) groups excluding carboxylic acids is 1. The highest BCUT2D eigenvalue weighted by atomic mass is 32.2. The Morgan fingerprint density at radius 1 is 1.92 bits per heavy atom. The van der Waals surface area contributed by atoms with Gasteiger partial charge in [0.05, 0.1) is 6.04 Å². The van der Waals surface area contributed by atoms with Crippen molar-refractivity contribution in [3.05, 3.63) is 0 Å². The Kier molecular flexibility index (Phi) is 3.94. The Labute approximate surface area is 80.6 Å². The number of nitrogens with zero attached hydrogens (tertiary/aromatic N) is 1. The molecule has 12 heavy (non-hydrogen) atoms. The molecule has 3 nitrogen and oxygen atoms in total. The van der Waals surface area contributed by atoms with Gasteiger partial charge in [-0.2, -0.15) is 0 Å². The summed E-state index contributed by atoms with van der Waals surface area (Å²) in [6.45, 7) is 2.09. The summed E-state index contributed by atoms with van der Waals surface area (Å²) in [4.78, 5) is 14.8. The summed E-state index contributed by atoms with van der Waals surface area (Å²) >= 11 is 3.39. The zero-order valence-electron chi connectivity index (χ0n) is 6.95. The predicted octanol–water partition coefficient (Wildman–Crippen LogP) is 1.09. The second-order valence-electron chi connectivity index (χ2n) is 2.62. The summed E-state index contributed by atoms with van der Waals surface area (Å²) in [5.74, 6) is 1.59. The number of hydrogen-bond donors (Lipinski definition) is 1. The average molecular weight is 204 g/mol. The highest BCUT2D eigenvalue weighted by Crippen LogP contribution is 2.25. The summed E-state index contributed by atoms with van der Waals surface area (Å²) in [6, 6.07) is 0.436. The first-order valence-corrected chi connectivity index (χ1v) is 5.77. The number of rotatable bonds is 3. The molecule has 0 aromatic rings. The molecule has 0 spiro atoms. The van der Waals surface area contributed by atoms with Crippen LogP contribution in [-0.2, 0) is 4.79 Å². The lowest BCUT2D eigenvalue weighted by Crippen LogP contribution is -2.11. The van der Waals surface area contributed by atoms with Gasteiger partial charge in [-0.25, -0.2) is 0 Å². The normalized spacial score (nSPS) is 22.4. The molecule has 1 rings (SSSR count). The van der Waals surface area contributed by atoms with Crippen molar-refractivity contribution in [1.82, 2.24) is 0 Å². The smallest absolute Gasteiger partial charge is 0.218 e. The van der Waals surface area contributed by atoms with Gasteiger partial charge in [0.25, 0.3) is 0 Å². The monoisotopic (exact) mass is 204 g/mol. The topological polar surface area (TPSA) is 55.5 Å². The van der Waals surface area contributed by atoms with Crippen molar-refractivity contribution in [2.45, 2.75) is 19.4 Å². The maximum atomic E-state index is 10.4. The molecule has 0 aliphatic carbocycles. The lowest BCUT2D eigenvalue weighted by molar-refractivity contribution is -0.117. The Morgan fingerprint density at radius 3 is 3.17 bits per heavy atom. The molecular formula is C7H12N2OS2. The fourth-order valence-corrected chi connectivity index (χ4v) is 3.00. The van der Waals surface area contributed by atoms with Crippen LogP contribution in [0.2, 0.25) is 0 Å². The van der Waals surface area contributed by atoms with Gasteiger partial charge in [0.1, 0.15) is 4.38 Å². The largest absolute Gasteiger partial charge is 0.370 e. The van der Waals surface area contributed by atoms with Crippen LogP contribution in [-0.4, -0.2) is 27.8 Å². The lowest BCUT2D eigenvalue weighted by atomic mass is 10.4. The van der Waals surface area contributed by atoms with Crippen molar-refractivity contribution < 1.29 is 4.79 Å². The minimum absolute atomic E-state index is 0.237. The van der Waals surface area contributed by atoms with Crippen LogP contribution in [0, 0.1) is 0 Å². The predicted molar refractivity (Wildman–Crippen MR) is 55.6 cm³/mol. The van der Waals surface area contributed by atoms with Gasteiger partial charge in [-0.1, -0.05) is 23.5 Å². The van der Waals surface area contributed by atoms with E-state index in [9.17, 15) is 4.79 Å². The quantitative estimate of drug-likeness (QED) is 0.748. The molecule has 5 heteroatoms. The van der Waals surface area contributed by atoms with Crippen LogP contribution in [0.3, 0.4) is 0 Å². The number of primary amides is 1. The molecule has 1 aliphatic heterocycles. The standard InChI is InChI=1S/C7H12N2OS2/c1-5-4-12-7(9-5)11-3-2-6(8)10/h5H,2-4H2,1H3,(H2,8,10)/t5-/m0/s1. The van der Waals surface area contributed by atoms with Crippen molar-refractivity contribution in [2.24, 2.45) is 10.7 Å². The fourth-order valence-electron chi connectivity index (χ4n) is 0.764. The first-order chi connectivity index (χ1) is 5.68. The van der Waals surface area contributed by atoms with E-state index in [0.717, 1.165) is 15.9 Å². The van der Waals surface area contributed by atoms with Gasteiger partial charge < -0.3 is 5.73 Å². The molecule has 1 aliphatic rings. The summed E-state index contributed by atoms with van der Waals surface area (Å²) in [7, 11) is 0. The molecule has 0 bridgehead atoms. The Bertz CT molecular complexity index is 206. The fraction of sp³-hybridized carbons (Fsp3) is 0.714. The van der Waals surface area contributed by atoms with E-state index in [0.29, 0.717) is 12.5 Å². The molecule has 1 heterocycles. The second kappa shape index (κ2) is 4.77. The molecule has 1 atom stereocenters. The molecular weight excluding hydrogens is 192 g/mol. The van der Waals surface area contributed by atoms with E-state index in [1.165, 1.54) is 0 Å². The molecule has 2 N–H and O–H groups in total. The molecule has 0 fully saturated rings. The maximum absolute atomic E-state index is 10.4. The van der Waals surface area contributed by atoms with Crippen LogP contribution < -0.4 is 5.73 Å². The van der Waals surface area contributed by atoms with Crippen LogP contribution in [0.25, 0.3) is 0 Å². The third-order valence-corrected chi connectivity index (χ3v) is 3.82. The van der Waals surface area contributed by atoms with Crippen molar-refractivity contribution in [3.63, 3.8) is 0 Å². The van der Waals surface area contributed by atoms with E-state index < -0.39 is 0 Å². The first-order valence-electron chi connectivity index (χ1n) is 3.80. The van der Waals surface area contributed by atoms with Crippen molar-refractivity contribution in [2.75, 3.05) is 11.5 Å². The Balaban J connectivity index is 2.15. The number of nitrogens with two attached hydrogens (primary N) is 1. The third kappa shape index (κ3) is 3.49. The molecule has 1 amide bonds. The maximum Gasteiger partial charge on any atom is 0.218 e. The summed E-state index contributed by atoms with van der Waals surface area (Å²) in [5.41, 5.74) is 5.01. The highest BCUT2D eigenvalue weighted by Gasteiger charge is 2.13. The minimum atomic E-state index is -0.237. The van der Waals surface area contributed by atoms with Crippen LogP contribution in [0.15, 0.2) is 4.99 Å². The van der Waals surface area contributed by atoms with Crippen LogP contribution in [0.4, 0.5) is 0 Å². The van der Waals surface area contributed by atoms with Crippen LogP contribution in [0.5, 0.6) is 0 Å². The first kappa shape index (κ1) is 9.92. The van der Waals surface area contributed by atoms with Gasteiger partial charge in [-0.05, 0) is 6.92 Å². The highest BCUT2D eigenvalue weighted by molar-refractivity contribution is 8.39. The molecule has 0 aromatic heterocycles. The Hall–Kier alpha value is -0.160. The molecule has 0 aromatic carbocycles. The van der Waals surface area contributed by atoms with E-state index in [2.05, 4.69) is 11.9 Å². The van der Waals surface area contributed by atoms with Gasteiger partial charge in [0.15, 0.2) is 0 Å². The number of amides is 1. The number of hydrogen-bond acceptors (Lipinski definition) is 4. The van der Waals surface area contributed by atoms with Gasteiger partial charge in [-0.15, -0.1) is 0 Å². The zero-order chi connectivity index (χ0) is 8.97. The second-order valence-corrected chi connectivity index (χ2v) is 4.97. The molecule has 0 saturated carbocycles. The number of carbonyl (C=O) groups is 1. The SMILES string of the molecule is C[C@H]1CSC(SCCC(N)=O)=N1. The number of thioether (sulfide) groups is 2. The zero-order valence-corrected chi connectivity index (χ0v) is 8.58. The summed E-state index contributed by atoms with van der Waals surface area (Å²) in [6.07, 6.45) is 0.443. The molecule has 0 unspecified atom stereocenters. The molecule has 0 radical (unpaired) electrons. The van der Waals surface area contributed by atoms with E-state index >= 15 is 0 Å². The van der Waals surface area contributed by atoms with Crippen LogP contribution >= 0.6 is 23.5 Å². The van der Waals surface area contributed by atoms with Crippen LogP contribution in [0.1, 0.15) is 13.3 Å². The van der Waals surface area contributed by atoms with Crippen molar-refractivity contribution >= 4 is 33.8 Å². The average Bonchev–Trinajstić information content (AvgIpc) is 2.35. The number of aliphatic imine (C=N–C) groups is 1. The van der Waals surface area contributed by atoms with Crippen molar-refractivity contribution in [1.29, 1.82) is 0 Å². The Morgan fingerprint density at radius 2 is 2.67 bits per heavy atom. The summed E-state index contributed by atoms with van der Waals surface area (Å²) in [5, 5.41) is 0. The van der Waals surface area contributed by atoms with Crippen molar-refractivity contribution in [3.8, 4) is 0 Å². The van der Waals surface area contributed by atoms with Gasteiger partial charge >= 0.3 is 0 Å². The van der Waals surface area contributed by atoms with E-state index in [1.54, 1.807) is 23.5 Å². The van der Waals surface area contributed by atoms with Gasteiger partial charge in [0, 0.05) is 17.9 Å². The van der Waals surface area contributed by atoms with E-state index in [1.807, 2.05) is 0 Å². The van der Waals surface area contributed by atoms with E-state index in [4.69, 9.17) is 5.73 Å². The third-order valence-electron chi connectivity index (χ3n) is 1.35. The minimum Gasteiger partial charge on any atom is -0.370 e. The van der Waals surface area contributed by atoms with E-state index in [-0.39, 0.29) is 5.91 Å². The lowest BCUT2D eigenvalue weighted by Gasteiger charge is -1.95. The van der Waals surface area contributed by atoms with Gasteiger partial charge in [-0.3, -0.25) is 9.79 Å². The molecule has 68 valence electrons. The van der Waals surface area contributed by atoms with Gasteiger partial charge in [0.2, 0.25) is 5.91 Å². The molecule has 0 saturated heterocycles.